The van der Waals surface area contributed by atoms with Crippen molar-refractivity contribution in [3.8, 4) is 0 Å². The number of thiocarbonyl (C=S) groups is 1. The van der Waals surface area contributed by atoms with Crippen LogP contribution in [0.4, 0.5) is 11.4 Å². The van der Waals surface area contributed by atoms with E-state index < -0.39 is 0 Å². The monoisotopic (exact) mass is 431 g/mol. The number of methoxy groups -OCH3 is 1. The molecule has 2 heterocycles. The predicted molar refractivity (Wildman–Crippen MR) is 122 cm³/mol. The first-order valence-electron chi connectivity index (χ1n) is 9.62. The Bertz CT molecular complexity index is 910. The number of ether oxygens (including phenoxy) is 1. The van der Waals surface area contributed by atoms with E-state index in [1.54, 1.807) is 11.0 Å². The quantitative estimate of drug-likeness (QED) is 0.381. The number of hydrogen-bond acceptors (Lipinski definition) is 7. The topological polar surface area (TPSA) is 53.1 Å². The summed E-state index contributed by atoms with van der Waals surface area (Å²) in [6.45, 7) is 5.53. The Morgan fingerprint density at radius 3 is 2.62 bits per heavy atom. The summed E-state index contributed by atoms with van der Waals surface area (Å²) in [6, 6.07) is 5.51. The van der Waals surface area contributed by atoms with Gasteiger partial charge in [0.2, 0.25) is 0 Å². The van der Waals surface area contributed by atoms with Gasteiger partial charge < -0.3 is 14.5 Å². The molecule has 0 bridgehead atoms. The number of nitrogens with zero attached hydrogens (tertiary/aromatic N) is 3. The van der Waals surface area contributed by atoms with Gasteiger partial charge in [-0.1, -0.05) is 37.3 Å². The highest BCUT2D eigenvalue weighted by Crippen LogP contribution is 2.41. The molecule has 1 amide bonds. The van der Waals surface area contributed by atoms with E-state index >= 15 is 0 Å². The zero-order valence-electron chi connectivity index (χ0n) is 17.1. The second-order valence-electron chi connectivity index (χ2n) is 6.73. The Balaban J connectivity index is 1.89. The Hall–Kier alpha value is -2.32. The molecule has 0 unspecified atom stereocenters. The number of unbranched alkanes of at least 4 members (excludes halogenated alkanes) is 1. The van der Waals surface area contributed by atoms with E-state index in [4.69, 9.17) is 17.0 Å². The highest BCUT2D eigenvalue weighted by molar-refractivity contribution is 8.26. The SMILES string of the molecule is CCCCN1C(=O)C(=CC=C2N(C)c3ccc(C(=O)OC)cc3N2CC)SC1=S. The molecule has 0 radical (unpaired) electrons. The molecule has 2 aliphatic heterocycles. The Morgan fingerprint density at radius 1 is 1.21 bits per heavy atom. The Labute approximate surface area is 181 Å². The van der Waals surface area contributed by atoms with Crippen LogP contribution in [0.25, 0.3) is 0 Å². The lowest BCUT2D eigenvalue weighted by Gasteiger charge is -2.21. The van der Waals surface area contributed by atoms with Gasteiger partial charge in [0.15, 0.2) is 0 Å². The molecule has 0 aliphatic carbocycles. The summed E-state index contributed by atoms with van der Waals surface area (Å²) >= 11 is 6.72. The molecule has 8 heteroatoms. The number of carbonyl (C=O) groups excluding carboxylic acids is 2. The number of carbonyl (C=O) groups is 2. The maximum atomic E-state index is 12.7. The summed E-state index contributed by atoms with van der Waals surface area (Å²) in [5, 5.41) is 0. The van der Waals surface area contributed by atoms with Crippen LogP contribution in [0, 0.1) is 0 Å². The van der Waals surface area contributed by atoms with Crippen molar-refractivity contribution in [3.63, 3.8) is 0 Å². The fraction of sp³-hybridized carbons (Fsp3) is 0.381. The Kier molecular flexibility index (Phi) is 6.64. The van der Waals surface area contributed by atoms with Crippen molar-refractivity contribution in [1.29, 1.82) is 0 Å². The molecular weight excluding hydrogens is 406 g/mol. The second-order valence-corrected chi connectivity index (χ2v) is 8.41. The molecule has 6 nitrogen and oxygen atoms in total. The summed E-state index contributed by atoms with van der Waals surface area (Å²) in [7, 11) is 3.35. The first-order chi connectivity index (χ1) is 13.9. The molecular formula is C21H25N3O3S2. The van der Waals surface area contributed by atoms with E-state index in [-0.39, 0.29) is 11.9 Å². The molecule has 29 heavy (non-hydrogen) atoms. The number of benzene rings is 1. The summed E-state index contributed by atoms with van der Waals surface area (Å²) in [5.74, 6) is 0.544. The van der Waals surface area contributed by atoms with Crippen molar-refractivity contribution in [2.75, 3.05) is 37.0 Å². The third kappa shape index (κ3) is 4.04. The van der Waals surface area contributed by atoms with E-state index in [2.05, 4.69) is 11.8 Å². The van der Waals surface area contributed by atoms with Crippen LogP contribution in [0.5, 0.6) is 0 Å². The fourth-order valence-corrected chi connectivity index (χ4v) is 4.65. The fourth-order valence-electron chi connectivity index (χ4n) is 3.40. The van der Waals surface area contributed by atoms with Crippen LogP contribution in [0.3, 0.4) is 0 Å². The van der Waals surface area contributed by atoms with Crippen molar-refractivity contribution in [3.05, 3.63) is 46.6 Å². The summed E-state index contributed by atoms with van der Waals surface area (Å²) < 4.78 is 5.46. The van der Waals surface area contributed by atoms with Gasteiger partial charge in [-0.3, -0.25) is 9.69 Å². The highest BCUT2D eigenvalue weighted by Gasteiger charge is 2.32. The lowest BCUT2D eigenvalue weighted by Crippen LogP contribution is -2.29. The first-order valence-corrected chi connectivity index (χ1v) is 10.8. The third-order valence-electron chi connectivity index (χ3n) is 4.98. The summed E-state index contributed by atoms with van der Waals surface area (Å²) in [5.41, 5.74) is 2.44. The van der Waals surface area contributed by atoms with Gasteiger partial charge in [0, 0.05) is 20.1 Å². The molecule has 154 valence electrons. The van der Waals surface area contributed by atoms with Crippen molar-refractivity contribution < 1.29 is 14.3 Å². The third-order valence-corrected chi connectivity index (χ3v) is 6.37. The van der Waals surface area contributed by atoms with Gasteiger partial charge in [-0.15, -0.1) is 0 Å². The van der Waals surface area contributed by atoms with Crippen LogP contribution >= 0.6 is 24.0 Å². The molecule has 2 aliphatic rings. The van der Waals surface area contributed by atoms with Gasteiger partial charge >= 0.3 is 5.97 Å². The number of allylic oxidation sites excluding steroid dienone is 2. The van der Waals surface area contributed by atoms with E-state index in [9.17, 15) is 9.59 Å². The lowest BCUT2D eigenvalue weighted by molar-refractivity contribution is -0.122. The molecule has 0 aromatic heterocycles. The number of rotatable bonds is 6. The molecule has 0 spiro atoms. The van der Waals surface area contributed by atoms with E-state index in [1.807, 2.05) is 43.2 Å². The maximum absolute atomic E-state index is 12.7. The summed E-state index contributed by atoms with van der Waals surface area (Å²) in [4.78, 5) is 31.1. The standard InChI is InChI=1S/C21H25N3O3S2/c1-5-7-12-24-19(25)17(29-21(24)28)10-11-18-22(3)15-9-8-14(20(26)27-4)13-16(15)23(18)6-2/h8-11,13H,5-7,12H2,1-4H3. The minimum Gasteiger partial charge on any atom is -0.465 e. The summed E-state index contributed by atoms with van der Waals surface area (Å²) in [6.07, 6.45) is 5.73. The molecule has 3 rings (SSSR count). The number of thioether (sulfide) groups is 1. The van der Waals surface area contributed by atoms with Gasteiger partial charge in [0.1, 0.15) is 10.1 Å². The Morgan fingerprint density at radius 2 is 1.97 bits per heavy atom. The normalized spacial score (nSPS) is 19.0. The minimum absolute atomic E-state index is 0.0282. The van der Waals surface area contributed by atoms with Crippen LogP contribution in [-0.2, 0) is 9.53 Å². The van der Waals surface area contributed by atoms with Gasteiger partial charge in [-0.05, 0) is 43.7 Å². The van der Waals surface area contributed by atoms with Crippen LogP contribution in [0.2, 0.25) is 0 Å². The van der Waals surface area contributed by atoms with E-state index in [0.717, 1.165) is 36.6 Å². The zero-order chi connectivity index (χ0) is 21.1. The number of hydrogen-bond donors (Lipinski definition) is 0. The van der Waals surface area contributed by atoms with E-state index in [0.29, 0.717) is 21.3 Å². The zero-order valence-corrected chi connectivity index (χ0v) is 18.7. The first kappa shape index (κ1) is 21.4. The van der Waals surface area contributed by atoms with Gasteiger partial charge in [-0.25, -0.2) is 4.79 Å². The van der Waals surface area contributed by atoms with Crippen molar-refractivity contribution in [2.24, 2.45) is 0 Å². The predicted octanol–water partition coefficient (Wildman–Crippen LogP) is 4.14. The molecule has 1 fully saturated rings. The number of amides is 1. The lowest BCUT2D eigenvalue weighted by atomic mass is 10.1. The van der Waals surface area contributed by atoms with Crippen LogP contribution in [0.1, 0.15) is 37.0 Å². The molecule has 0 saturated carbocycles. The van der Waals surface area contributed by atoms with Gasteiger partial charge in [0.05, 0.1) is 29.0 Å². The smallest absolute Gasteiger partial charge is 0.337 e. The van der Waals surface area contributed by atoms with Crippen LogP contribution in [0.15, 0.2) is 41.1 Å². The average molecular weight is 432 g/mol. The van der Waals surface area contributed by atoms with Crippen molar-refractivity contribution >= 4 is 51.6 Å². The number of anilines is 2. The van der Waals surface area contributed by atoms with Crippen LogP contribution < -0.4 is 9.80 Å². The van der Waals surface area contributed by atoms with Crippen molar-refractivity contribution in [1.82, 2.24) is 4.90 Å². The average Bonchev–Trinajstić information content (AvgIpc) is 3.15. The molecule has 1 saturated heterocycles. The van der Waals surface area contributed by atoms with Gasteiger partial charge in [-0.2, -0.15) is 0 Å². The van der Waals surface area contributed by atoms with E-state index in [1.165, 1.54) is 18.9 Å². The highest BCUT2D eigenvalue weighted by atomic mass is 32.2. The largest absolute Gasteiger partial charge is 0.465 e. The van der Waals surface area contributed by atoms with Crippen molar-refractivity contribution in [2.45, 2.75) is 26.7 Å². The molecule has 1 aromatic carbocycles. The number of esters is 1. The number of fused-ring (bicyclic) bond motifs is 1. The minimum atomic E-state index is -0.361. The molecule has 0 N–H and O–H groups in total. The second kappa shape index (κ2) is 9.00. The van der Waals surface area contributed by atoms with Crippen LogP contribution in [-0.4, -0.2) is 48.3 Å². The molecule has 1 aromatic rings. The van der Waals surface area contributed by atoms with Gasteiger partial charge in [0.25, 0.3) is 5.91 Å². The maximum Gasteiger partial charge on any atom is 0.337 e. The molecule has 0 atom stereocenters.